The lowest BCUT2D eigenvalue weighted by atomic mass is 10.1. The largest absolute Gasteiger partial charge is 0.489 e. The van der Waals surface area contributed by atoms with Crippen molar-refractivity contribution in [2.24, 2.45) is 0 Å². The Balaban J connectivity index is 2.58. The van der Waals surface area contributed by atoms with Crippen LogP contribution in [0.4, 0.5) is 5.69 Å². The summed E-state index contributed by atoms with van der Waals surface area (Å²) in [6, 6.07) is 4.40. The molecule has 104 valence electrons. The first-order chi connectivity index (χ1) is 9.58. The minimum Gasteiger partial charge on any atom is -0.489 e. The molecule has 1 aromatic heterocycles. The van der Waals surface area contributed by atoms with Gasteiger partial charge in [0.1, 0.15) is 5.52 Å². The lowest BCUT2D eigenvalue weighted by Crippen LogP contribution is -2.05. The molecule has 0 radical (unpaired) electrons. The predicted octanol–water partition coefficient (Wildman–Crippen LogP) is 2.33. The number of esters is 1. The second-order valence-corrected chi connectivity index (χ2v) is 3.89. The number of hydrogen-bond donors (Lipinski definition) is 0. The molecule has 0 atom stereocenters. The molecule has 1 aromatic carbocycles. The molecule has 7 heteroatoms. The molecular formula is C13H12N2O5. The van der Waals surface area contributed by atoms with E-state index < -0.39 is 10.9 Å². The number of rotatable bonds is 4. The number of pyridine rings is 1. The minimum absolute atomic E-state index is 0.0721. The molecule has 7 nitrogen and oxygen atoms in total. The molecule has 2 rings (SSSR count). The summed E-state index contributed by atoms with van der Waals surface area (Å²) >= 11 is 0. The van der Waals surface area contributed by atoms with Crippen molar-refractivity contribution in [2.75, 3.05) is 13.7 Å². The summed E-state index contributed by atoms with van der Waals surface area (Å²) < 4.78 is 9.92. The van der Waals surface area contributed by atoms with E-state index in [4.69, 9.17) is 9.47 Å². The Morgan fingerprint density at radius 2 is 2.20 bits per heavy atom. The molecule has 0 bridgehead atoms. The Bertz CT molecular complexity index is 684. The van der Waals surface area contributed by atoms with Crippen LogP contribution in [-0.2, 0) is 4.74 Å². The van der Waals surface area contributed by atoms with Gasteiger partial charge in [0.25, 0.3) is 0 Å². The molecule has 0 aliphatic carbocycles. The van der Waals surface area contributed by atoms with Crippen molar-refractivity contribution in [3.63, 3.8) is 0 Å². The second-order valence-electron chi connectivity index (χ2n) is 3.89. The van der Waals surface area contributed by atoms with Gasteiger partial charge in [0.05, 0.1) is 24.2 Å². The molecule has 1 heterocycles. The van der Waals surface area contributed by atoms with Crippen molar-refractivity contribution < 1.29 is 19.2 Å². The van der Waals surface area contributed by atoms with Gasteiger partial charge in [-0.3, -0.25) is 15.1 Å². The number of fused-ring (bicyclic) bond motifs is 1. The van der Waals surface area contributed by atoms with Crippen LogP contribution in [0.1, 0.15) is 17.3 Å². The molecule has 0 unspecified atom stereocenters. The number of methoxy groups -OCH3 is 1. The van der Waals surface area contributed by atoms with Crippen LogP contribution in [0.5, 0.6) is 5.75 Å². The highest BCUT2D eigenvalue weighted by atomic mass is 16.6. The molecule has 2 aromatic rings. The van der Waals surface area contributed by atoms with E-state index in [2.05, 4.69) is 4.98 Å². The third kappa shape index (κ3) is 2.37. The Kier molecular flexibility index (Phi) is 3.79. The van der Waals surface area contributed by atoms with Crippen molar-refractivity contribution in [2.45, 2.75) is 6.92 Å². The zero-order valence-electron chi connectivity index (χ0n) is 11.0. The number of benzene rings is 1. The third-order valence-corrected chi connectivity index (χ3v) is 2.70. The van der Waals surface area contributed by atoms with Crippen LogP contribution in [-0.4, -0.2) is 29.6 Å². The van der Waals surface area contributed by atoms with Crippen LogP contribution in [0.25, 0.3) is 10.9 Å². The molecule has 0 aliphatic rings. The predicted molar refractivity (Wildman–Crippen MR) is 70.9 cm³/mol. The summed E-state index contributed by atoms with van der Waals surface area (Å²) in [6.45, 7) is 1.97. The highest BCUT2D eigenvalue weighted by Crippen LogP contribution is 2.33. The molecule has 0 saturated heterocycles. The number of carbonyl (C=O) groups excluding carboxylic acids is 1. The first-order valence-electron chi connectivity index (χ1n) is 5.86. The summed E-state index contributed by atoms with van der Waals surface area (Å²) in [5.74, 6) is -0.415. The molecule has 0 fully saturated rings. The van der Waals surface area contributed by atoms with Gasteiger partial charge in [-0.15, -0.1) is 0 Å². The smallest absolute Gasteiger partial charge is 0.339 e. The van der Waals surface area contributed by atoms with E-state index in [1.54, 1.807) is 13.0 Å². The lowest BCUT2D eigenvalue weighted by Gasteiger charge is -2.07. The first-order valence-corrected chi connectivity index (χ1v) is 5.86. The molecule has 0 aliphatic heterocycles. The Morgan fingerprint density at radius 3 is 2.80 bits per heavy atom. The SMILES string of the molecule is CCOC(=O)c1cnc2c(OC)c([N+](=O)[O-])ccc2c1. The van der Waals surface area contributed by atoms with Crippen LogP contribution in [0.15, 0.2) is 24.4 Å². The van der Waals surface area contributed by atoms with E-state index in [-0.39, 0.29) is 23.6 Å². The van der Waals surface area contributed by atoms with Crippen molar-refractivity contribution in [3.05, 3.63) is 40.1 Å². The van der Waals surface area contributed by atoms with E-state index in [9.17, 15) is 14.9 Å². The van der Waals surface area contributed by atoms with Gasteiger partial charge in [-0.25, -0.2) is 4.79 Å². The van der Waals surface area contributed by atoms with E-state index in [0.29, 0.717) is 10.9 Å². The van der Waals surface area contributed by atoms with Crippen LogP contribution in [0.3, 0.4) is 0 Å². The van der Waals surface area contributed by atoms with Crippen molar-refractivity contribution in [1.29, 1.82) is 0 Å². The van der Waals surface area contributed by atoms with Gasteiger partial charge >= 0.3 is 11.7 Å². The normalized spacial score (nSPS) is 10.3. The van der Waals surface area contributed by atoms with Crippen molar-refractivity contribution in [3.8, 4) is 5.75 Å². The summed E-state index contributed by atoms with van der Waals surface area (Å²) in [5.41, 5.74) is 0.446. The van der Waals surface area contributed by atoms with Crippen LogP contribution in [0.2, 0.25) is 0 Å². The quantitative estimate of drug-likeness (QED) is 0.483. The molecular weight excluding hydrogens is 264 g/mol. The Hall–Kier alpha value is -2.70. The van der Waals surface area contributed by atoms with Gasteiger partial charge in [0, 0.05) is 17.6 Å². The zero-order chi connectivity index (χ0) is 14.7. The maximum atomic E-state index is 11.6. The molecule has 20 heavy (non-hydrogen) atoms. The van der Waals surface area contributed by atoms with E-state index >= 15 is 0 Å². The summed E-state index contributed by atoms with van der Waals surface area (Å²) in [7, 11) is 1.34. The Labute approximate surface area is 114 Å². The topological polar surface area (TPSA) is 91.6 Å². The standard InChI is InChI=1S/C13H12N2O5/c1-3-20-13(16)9-6-8-4-5-10(15(17)18)12(19-2)11(8)14-7-9/h4-7H,3H2,1-2H3. The Morgan fingerprint density at radius 1 is 1.45 bits per heavy atom. The average Bonchev–Trinajstić information content (AvgIpc) is 2.45. The fourth-order valence-electron chi connectivity index (χ4n) is 1.84. The van der Waals surface area contributed by atoms with Gasteiger partial charge in [-0.1, -0.05) is 0 Å². The van der Waals surface area contributed by atoms with Gasteiger partial charge in [0.2, 0.25) is 5.75 Å². The number of nitro benzene ring substituents is 1. The second kappa shape index (κ2) is 5.52. The van der Waals surface area contributed by atoms with Crippen molar-refractivity contribution >= 4 is 22.6 Å². The first kappa shape index (κ1) is 13.7. The number of aromatic nitrogens is 1. The van der Waals surface area contributed by atoms with Gasteiger partial charge in [-0.05, 0) is 19.1 Å². The number of nitrogens with zero attached hydrogens (tertiary/aromatic N) is 2. The minimum atomic E-state index is -0.542. The number of carbonyl (C=O) groups is 1. The van der Waals surface area contributed by atoms with E-state index in [1.165, 1.54) is 25.4 Å². The number of ether oxygens (including phenoxy) is 2. The van der Waals surface area contributed by atoms with E-state index in [0.717, 1.165) is 0 Å². The maximum absolute atomic E-state index is 11.6. The zero-order valence-corrected chi connectivity index (χ0v) is 11.0. The monoisotopic (exact) mass is 276 g/mol. The lowest BCUT2D eigenvalue weighted by molar-refractivity contribution is -0.385. The average molecular weight is 276 g/mol. The molecule has 0 N–H and O–H groups in total. The number of hydrogen-bond acceptors (Lipinski definition) is 6. The summed E-state index contributed by atoms with van der Waals surface area (Å²) in [4.78, 5) is 26.1. The molecule has 0 amide bonds. The fourth-order valence-corrected chi connectivity index (χ4v) is 1.84. The fraction of sp³-hybridized carbons (Fsp3) is 0.231. The third-order valence-electron chi connectivity index (χ3n) is 2.70. The molecule has 0 saturated carbocycles. The number of nitro groups is 1. The van der Waals surface area contributed by atoms with Gasteiger partial charge in [-0.2, -0.15) is 0 Å². The van der Waals surface area contributed by atoms with Gasteiger partial charge in [0.15, 0.2) is 0 Å². The van der Waals surface area contributed by atoms with Gasteiger partial charge < -0.3 is 9.47 Å². The van der Waals surface area contributed by atoms with Crippen molar-refractivity contribution in [1.82, 2.24) is 4.98 Å². The summed E-state index contributed by atoms with van der Waals surface area (Å²) in [5, 5.41) is 11.5. The van der Waals surface area contributed by atoms with Crippen LogP contribution < -0.4 is 4.74 Å². The van der Waals surface area contributed by atoms with Crippen LogP contribution >= 0.6 is 0 Å². The van der Waals surface area contributed by atoms with E-state index in [1.807, 2.05) is 0 Å². The maximum Gasteiger partial charge on any atom is 0.339 e. The summed E-state index contributed by atoms with van der Waals surface area (Å²) in [6.07, 6.45) is 1.31. The van der Waals surface area contributed by atoms with Crippen LogP contribution in [0, 0.1) is 10.1 Å². The molecule has 0 spiro atoms. The highest BCUT2D eigenvalue weighted by Gasteiger charge is 2.19. The highest BCUT2D eigenvalue weighted by molar-refractivity contribution is 5.96.